The molecule has 0 aliphatic heterocycles. The third-order valence-electron chi connectivity index (χ3n) is 4.46. The third-order valence-corrected chi connectivity index (χ3v) is 5.69. The Labute approximate surface area is 158 Å². The summed E-state index contributed by atoms with van der Waals surface area (Å²) < 4.78 is 39.0. The molecule has 1 aromatic heterocycles. The second kappa shape index (κ2) is 7.34. The summed E-state index contributed by atoms with van der Waals surface area (Å²) in [7, 11) is 0. The van der Waals surface area contributed by atoms with E-state index < -0.39 is 23.6 Å². The number of amides is 2. The van der Waals surface area contributed by atoms with Crippen molar-refractivity contribution < 1.29 is 22.8 Å². The van der Waals surface area contributed by atoms with E-state index in [-0.39, 0.29) is 11.4 Å². The summed E-state index contributed by atoms with van der Waals surface area (Å²) >= 11 is 1.37. The molecule has 1 heterocycles. The number of hydrogen-bond donors (Lipinski definition) is 2. The minimum absolute atomic E-state index is 0.0789. The quantitative estimate of drug-likeness (QED) is 0.758. The van der Waals surface area contributed by atoms with Crippen LogP contribution in [0, 0.1) is 5.92 Å². The lowest BCUT2D eigenvalue weighted by Crippen LogP contribution is -2.16. The van der Waals surface area contributed by atoms with Gasteiger partial charge < -0.3 is 10.6 Å². The van der Waals surface area contributed by atoms with Crippen molar-refractivity contribution in [2.45, 2.75) is 39.3 Å². The number of fused-ring (bicyclic) bond motifs is 1. The fourth-order valence-electron chi connectivity index (χ4n) is 3.12. The van der Waals surface area contributed by atoms with E-state index >= 15 is 0 Å². The summed E-state index contributed by atoms with van der Waals surface area (Å²) in [6.45, 7) is 3.40. The Morgan fingerprint density at radius 3 is 2.56 bits per heavy atom. The molecule has 0 radical (unpaired) electrons. The Morgan fingerprint density at radius 1 is 1.15 bits per heavy atom. The number of benzene rings is 1. The molecular weight excluding hydrogens is 377 g/mol. The second-order valence-electron chi connectivity index (χ2n) is 6.80. The summed E-state index contributed by atoms with van der Waals surface area (Å²) in [5.74, 6) is -0.364. The first-order valence-corrected chi connectivity index (χ1v) is 9.37. The van der Waals surface area contributed by atoms with Crippen LogP contribution < -0.4 is 10.6 Å². The molecule has 1 aromatic carbocycles. The third kappa shape index (κ3) is 4.50. The molecule has 1 unspecified atom stereocenters. The maximum absolute atomic E-state index is 13.0. The highest BCUT2D eigenvalue weighted by Crippen LogP contribution is 2.36. The molecular formula is C19H19F3N2O2S. The van der Waals surface area contributed by atoms with Gasteiger partial charge >= 0.3 is 6.18 Å². The minimum atomic E-state index is -4.55. The molecule has 3 rings (SSSR count). The van der Waals surface area contributed by atoms with E-state index in [2.05, 4.69) is 17.6 Å². The molecule has 2 N–H and O–H groups in total. The first-order valence-electron chi connectivity index (χ1n) is 8.55. The first kappa shape index (κ1) is 19.4. The van der Waals surface area contributed by atoms with Gasteiger partial charge in [0.2, 0.25) is 5.91 Å². The van der Waals surface area contributed by atoms with Gasteiger partial charge in [-0.1, -0.05) is 6.92 Å². The molecule has 0 fully saturated rings. The Kier molecular flexibility index (Phi) is 5.28. The van der Waals surface area contributed by atoms with Gasteiger partial charge in [-0.2, -0.15) is 13.2 Å². The summed E-state index contributed by atoms with van der Waals surface area (Å²) in [6.07, 6.45) is -1.67. The lowest BCUT2D eigenvalue weighted by atomic mass is 9.90. The van der Waals surface area contributed by atoms with Crippen molar-refractivity contribution in [1.82, 2.24) is 0 Å². The Hall–Kier alpha value is -2.35. The number of carbonyl (C=O) groups is 2. The van der Waals surface area contributed by atoms with Gasteiger partial charge in [0.15, 0.2) is 0 Å². The number of aryl methyl sites for hydroxylation is 1. The van der Waals surface area contributed by atoms with Crippen LogP contribution in [-0.4, -0.2) is 11.8 Å². The average molecular weight is 396 g/mol. The number of carbonyl (C=O) groups excluding carboxylic acids is 2. The molecule has 4 nitrogen and oxygen atoms in total. The molecule has 27 heavy (non-hydrogen) atoms. The van der Waals surface area contributed by atoms with Crippen LogP contribution in [0.4, 0.5) is 24.5 Å². The normalized spacial score (nSPS) is 16.6. The van der Waals surface area contributed by atoms with E-state index in [0.717, 1.165) is 47.9 Å². The second-order valence-corrected chi connectivity index (χ2v) is 7.94. The van der Waals surface area contributed by atoms with Crippen LogP contribution in [0.5, 0.6) is 0 Å². The fraction of sp³-hybridized carbons (Fsp3) is 0.368. The van der Waals surface area contributed by atoms with Gasteiger partial charge in [-0.3, -0.25) is 9.59 Å². The fourth-order valence-corrected chi connectivity index (χ4v) is 4.23. The monoisotopic (exact) mass is 396 g/mol. The van der Waals surface area contributed by atoms with Gasteiger partial charge in [-0.05, 0) is 55.0 Å². The lowest BCUT2D eigenvalue weighted by molar-refractivity contribution is -0.137. The van der Waals surface area contributed by atoms with E-state index in [0.29, 0.717) is 10.8 Å². The van der Waals surface area contributed by atoms with Crippen molar-refractivity contribution in [2.24, 2.45) is 5.92 Å². The molecule has 0 spiro atoms. The van der Waals surface area contributed by atoms with Gasteiger partial charge in [-0.25, -0.2) is 0 Å². The smallest absolute Gasteiger partial charge is 0.325 e. The molecule has 1 aliphatic rings. The first-order chi connectivity index (χ1) is 12.6. The van der Waals surface area contributed by atoms with Crippen LogP contribution in [0.3, 0.4) is 0 Å². The summed E-state index contributed by atoms with van der Waals surface area (Å²) in [6, 6.07) is 4.66. The molecule has 0 bridgehead atoms. The number of hydrogen-bond acceptors (Lipinski definition) is 3. The van der Waals surface area contributed by atoms with E-state index in [1.807, 2.05) is 6.07 Å². The number of anilines is 2. The van der Waals surface area contributed by atoms with Gasteiger partial charge in [-0.15, -0.1) is 11.3 Å². The van der Waals surface area contributed by atoms with Crippen LogP contribution in [0.1, 0.15) is 45.9 Å². The molecule has 0 saturated carbocycles. The maximum atomic E-state index is 13.0. The predicted molar refractivity (Wildman–Crippen MR) is 99.2 cm³/mol. The van der Waals surface area contributed by atoms with Crippen LogP contribution in [0.15, 0.2) is 24.3 Å². The maximum Gasteiger partial charge on any atom is 0.416 e. The predicted octanol–water partition coefficient (Wildman–Crippen LogP) is 5.10. The van der Waals surface area contributed by atoms with Gasteiger partial charge in [0.25, 0.3) is 5.91 Å². The van der Waals surface area contributed by atoms with Crippen LogP contribution in [0.25, 0.3) is 0 Å². The van der Waals surface area contributed by atoms with Crippen molar-refractivity contribution in [3.05, 3.63) is 45.1 Å². The zero-order valence-electron chi connectivity index (χ0n) is 14.9. The largest absolute Gasteiger partial charge is 0.416 e. The summed E-state index contributed by atoms with van der Waals surface area (Å²) in [5, 5.41) is 4.97. The molecule has 144 valence electrons. The van der Waals surface area contributed by atoms with Crippen molar-refractivity contribution in [3.8, 4) is 0 Å². The standard InChI is InChI=1S/C19H19F3N2O2S/c1-10-3-6-16-12(7-10)8-17(27-16)18(26)24-15-9-13(19(20,21)22)4-5-14(15)23-11(2)25/h4-5,8-10H,3,6-7H2,1-2H3,(H,23,25)(H,24,26). The van der Waals surface area contributed by atoms with Gasteiger partial charge in [0, 0.05) is 11.8 Å². The lowest BCUT2D eigenvalue weighted by Gasteiger charge is -2.16. The molecule has 1 aliphatic carbocycles. The van der Waals surface area contributed by atoms with Crippen LogP contribution >= 0.6 is 11.3 Å². The molecule has 1 atom stereocenters. The van der Waals surface area contributed by atoms with E-state index in [4.69, 9.17) is 0 Å². The van der Waals surface area contributed by atoms with E-state index in [1.165, 1.54) is 18.3 Å². The van der Waals surface area contributed by atoms with Crippen molar-refractivity contribution in [3.63, 3.8) is 0 Å². The van der Waals surface area contributed by atoms with Crippen LogP contribution in [-0.2, 0) is 23.8 Å². The highest BCUT2D eigenvalue weighted by atomic mass is 32.1. The van der Waals surface area contributed by atoms with Crippen molar-refractivity contribution in [1.29, 1.82) is 0 Å². The van der Waals surface area contributed by atoms with Crippen LogP contribution in [0.2, 0.25) is 0 Å². The number of alkyl halides is 3. The molecule has 2 aromatic rings. The highest BCUT2D eigenvalue weighted by molar-refractivity contribution is 7.14. The molecule has 2 amide bonds. The number of thiophene rings is 1. The minimum Gasteiger partial charge on any atom is -0.325 e. The number of nitrogens with one attached hydrogen (secondary N) is 2. The van der Waals surface area contributed by atoms with E-state index in [9.17, 15) is 22.8 Å². The van der Waals surface area contributed by atoms with Gasteiger partial charge in [0.05, 0.1) is 21.8 Å². The molecule has 0 saturated heterocycles. The zero-order chi connectivity index (χ0) is 19.8. The Bertz CT molecular complexity index is 890. The zero-order valence-corrected chi connectivity index (χ0v) is 15.7. The number of halogens is 3. The average Bonchev–Trinajstić information content (AvgIpc) is 2.98. The van der Waals surface area contributed by atoms with Gasteiger partial charge in [0.1, 0.15) is 0 Å². The highest BCUT2D eigenvalue weighted by Gasteiger charge is 2.31. The Balaban J connectivity index is 1.89. The molecule has 8 heteroatoms. The topological polar surface area (TPSA) is 58.2 Å². The summed E-state index contributed by atoms with van der Waals surface area (Å²) in [4.78, 5) is 25.6. The van der Waals surface area contributed by atoms with Crippen molar-refractivity contribution in [2.75, 3.05) is 10.6 Å². The van der Waals surface area contributed by atoms with E-state index in [1.54, 1.807) is 0 Å². The van der Waals surface area contributed by atoms with Crippen molar-refractivity contribution >= 4 is 34.5 Å². The SMILES string of the molecule is CC(=O)Nc1ccc(C(F)(F)F)cc1NC(=O)c1cc2c(s1)CCC(C)C2. The summed E-state index contributed by atoms with van der Waals surface area (Å²) in [5.41, 5.74) is 0.282. The number of rotatable bonds is 3. The Morgan fingerprint density at radius 2 is 1.89 bits per heavy atom.